The van der Waals surface area contributed by atoms with E-state index in [0.717, 1.165) is 47.5 Å². The standard InChI is InChI=1S/C36H49ClNO.HI/c1-38(18-6-2-3-7-19-38)20-8-4-5-9-21-39-34-16-12-30(13-17-34)35(29-10-14-33(37)15-11-29)36-31-23-27-22-28(25-31)26-32(36)24-27;/h10-17,27-28,31-32H,2-9,18-26H2,1H3;1H/q+1;/p-1. The van der Waals surface area contributed by atoms with Crippen LogP contribution in [-0.2, 0) is 0 Å². The van der Waals surface area contributed by atoms with Gasteiger partial charge in [0.2, 0.25) is 0 Å². The van der Waals surface area contributed by atoms with Crippen molar-refractivity contribution in [1.29, 1.82) is 0 Å². The summed E-state index contributed by atoms with van der Waals surface area (Å²) in [6.45, 7) is 4.95. The van der Waals surface area contributed by atoms with Crippen LogP contribution in [0, 0.1) is 23.7 Å². The van der Waals surface area contributed by atoms with Crippen LogP contribution in [0.2, 0.25) is 5.02 Å². The molecule has 218 valence electrons. The Bertz CT molecular complexity index is 1090. The number of quaternary nitrogens is 1. The number of ether oxygens (including phenoxy) is 1. The lowest BCUT2D eigenvalue weighted by Gasteiger charge is -2.52. The topological polar surface area (TPSA) is 9.23 Å². The molecule has 7 rings (SSSR count). The van der Waals surface area contributed by atoms with Crippen molar-refractivity contribution in [3.63, 3.8) is 0 Å². The van der Waals surface area contributed by atoms with Crippen LogP contribution in [-0.4, -0.2) is 37.8 Å². The summed E-state index contributed by atoms with van der Waals surface area (Å²) < 4.78 is 7.50. The minimum absolute atomic E-state index is 0. The monoisotopic (exact) mass is 673 g/mol. The van der Waals surface area contributed by atoms with Crippen LogP contribution in [0.15, 0.2) is 54.1 Å². The van der Waals surface area contributed by atoms with Gasteiger partial charge in [-0.05, 0) is 148 Å². The number of unbranched alkanes of at least 4 members (excludes halogenated alkanes) is 3. The summed E-state index contributed by atoms with van der Waals surface area (Å²) in [5.74, 6) is 4.49. The van der Waals surface area contributed by atoms with Gasteiger partial charge in [-0.1, -0.05) is 41.4 Å². The van der Waals surface area contributed by atoms with Crippen molar-refractivity contribution >= 4 is 17.2 Å². The van der Waals surface area contributed by atoms with Gasteiger partial charge in [0.15, 0.2) is 0 Å². The van der Waals surface area contributed by atoms with Crippen molar-refractivity contribution in [2.45, 2.75) is 83.5 Å². The van der Waals surface area contributed by atoms with Crippen LogP contribution in [0.4, 0.5) is 0 Å². The number of halogens is 2. The van der Waals surface area contributed by atoms with Crippen LogP contribution >= 0.6 is 11.6 Å². The predicted molar refractivity (Wildman–Crippen MR) is 164 cm³/mol. The first-order valence-electron chi connectivity index (χ1n) is 16.1. The molecule has 2 nitrogen and oxygen atoms in total. The van der Waals surface area contributed by atoms with Crippen molar-refractivity contribution in [2.24, 2.45) is 23.7 Å². The Labute approximate surface area is 265 Å². The average Bonchev–Trinajstić information content (AvgIpc) is 3.15. The minimum atomic E-state index is 0. The molecule has 0 spiro atoms. The third-order valence-electron chi connectivity index (χ3n) is 10.6. The van der Waals surface area contributed by atoms with Crippen molar-refractivity contribution < 1.29 is 33.2 Å². The highest BCUT2D eigenvalue weighted by atomic mass is 127. The molecule has 40 heavy (non-hydrogen) atoms. The van der Waals surface area contributed by atoms with E-state index in [2.05, 4.69) is 55.6 Å². The normalized spacial score (nSPS) is 26.7. The number of nitrogens with zero attached hydrogens (tertiary/aromatic N) is 1. The van der Waals surface area contributed by atoms with Crippen LogP contribution in [0.25, 0.3) is 5.57 Å². The van der Waals surface area contributed by atoms with E-state index < -0.39 is 0 Å². The van der Waals surface area contributed by atoms with E-state index in [4.69, 9.17) is 16.3 Å². The SMILES string of the molecule is C[N+]1(CCCCCCOc2ccc(C(=C3C4CC5CC(C4)CC3C5)c3ccc(Cl)cc3)cc2)CCCCCC1.[I-]. The first-order chi connectivity index (χ1) is 19.1. The highest BCUT2D eigenvalue weighted by Crippen LogP contribution is 2.58. The molecule has 0 amide bonds. The molecular weight excluding hydrogens is 625 g/mol. The van der Waals surface area contributed by atoms with Gasteiger partial charge in [-0.15, -0.1) is 0 Å². The first-order valence-corrected chi connectivity index (χ1v) is 16.5. The molecule has 0 atom stereocenters. The van der Waals surface area contributed by atoms with Gasteiger partial charge in [0.05, 0.1) is 33.3 Å². The highest BCUT2D eigenvalue weighted by molar-refractivity contribution is 6.30. The Hall–Kier alpha value is -1.04. The highest BCUT2D eigenvalue weighted by Gasteiger charge is 2.46. The van der Waals surface area contributed by atoms with E-state index in [1.54, 1.807) is 5.57 Å². The van der Waals surface area contributed by atoms with Crippen molar-refractivity contribution in [3.05, 3.63) is 70.3 Å². The van der Waals surface area contributed by atoms with Gasteiger partial charge >= 0.3 is 0 Å². The largest absolute Gasteiger partial charge is 1.00 e. The van der Waals surface area contributed by atoms with Crippen LogP contribution in [0.5, 0.6) is 5.75 Å². The Kier molecular flexibility index (Phi) is 10.6. The second kappa shape index (κ2) is 14.0. The Balaban J connectivity index is 0.00000323. The maximum atomic E-state index is 6.29. The zero-order valence-corrected chi connectivity index (χ0v) is 27.5. The molecule has 5 fully saturated rings. The van der Waals surface area contributed by atoms with E-state index in [0.29, 0.717) is 0 Å². The first kappa shape index (κ1) is 30.4. The summed E-state index contributed by atoms with van der Waals surface area (Å²) in [6, 6.07) is 17.6. The van der Waals surface area contributed by atoms with Gasteiger partial charge in [0, 0.05) is 5.02 Å². The third kappa shape index (κ3) is 7.29. The number of hydrogen-bond acceptors (Lipinski definition) is 1. The Morgan fingerprint density at radius 1 is 0.725 bits per heavy atom. The van der Waals surface area contributed by atoms with Gasteiger partial charge in [0.1, 0.15) is 5.75 Å². The maximum absolute atomic E-state index is 6.29. The molecule has 2 aromatic carbocycles. The Morgan fingerprint density at radius 2 is 1.27 bits per heavy atom. The smallest absolute Gasteiger partial charge is 0.119 e. The molecule has 1 saturated heterocycles. The molecule has 4 aliphatic carbocycles. The fraction of sp³-hybridized carbons (Fsp3) is 0.611. The molecule has 0 unspecified atom stereocenters. The van der Waals surface area contributed by atoms with Gasteiger partial charge in [-0.25, -0.2) is 0 Å². The molecule has 2 aromatic rings. The number of rotatable bonds is 10. The van der Waals surface area contributed by atoms with E-state index >= 15 is 0 Å². The zero-order valence-electron chi connectivity index (χ0n) is 24.6. The van der Waals surface area contributed by atoms with E-state index in [-0.39, 0.29) is 24.0 Å². The lowest BCUT2D eigenvalue weighted by Crippen LogP contribution is -3.00. The number of benzene rings is 2. The number of hydrogen-bond donors (Lipinski definition) is 0. The molecule has 1 aliphatic heterocycles. The summed E-state index contributed by atoms with van der Waals surface area (Å²) >= 11 is 6.29. The third-order valence-corrected chi connectivity index (χ3v) is 10.8. The fourth-order valence-electron chi connectivity index (χ4n) is 8.75. The van der Waals surface area contributed by atoms with Crippen LogP contribution in [0.1, 0.15) is 94.6 Å². The van der Waals surface area contributed by atoms with Gasteiger partial charge in [-0.2, -0.15) is 0 Å². The van der Waals surface area contributed by atoms with Crippen molar-refractivity contribution in [2.75, 3.05) is 33.3 Å². The van der Waals surface area contributed by atoms with Crippen molar-refractivity contribution in [3.8, 4) is 5.75 Å². The van der Waals surface area contributed by atoms with Crippen LogP contribution in [0.3, 0.4) is 0 Å². The van der Waals surface area contributed by atoms with Gasteiger partial charge in [0.25, 0.3) is 0 Å². The lowest BCUT2D eigenvalue weighted by molar-refractivity contribution is -0.909. The molecule has 1 heterocycles. The van der Waals surface area contributed by atoms with E-state index in [1.165, 1.54) is 118 Å². The molecule has 4 heteroatoms. The Morgan fingerprint density at radius 3 is 1.88 bits per heavy atom. The van der Waals surface area contributed by atoms with Gasteiger partial charge in [-0.3, -0.25) is 0 Å². The second-order valence-corrected chi connectivity index (χ2v) is 14.1. The fourth-order valence-corrected chi connectivity index (χ4v) is 8.88. The van der Waals surface area contributed by atoms with E-state index in [1.807, 2.05) is 0 Å². The average molecular weight is 674 g/mol. The van der Waals surface area contributed by atoms with Crippen LogP contribution < -0.4 is 28.7 Å². The number of allylic oxidation sites excluding steroid dienone is 1. The second-order valence-electron chi connectivity index (χ2n) is 13.6. The molecule has 4 bridgehead atoms. The molecule has 0 aromatic heterocycles. The maximum Gasteiger partial charge on any atom is 0.119 e. The molecule has 4 saturated carbocycles. The minimum Gasteiger partial charge on any atom is -1.00 e. The molecule has 0 radical (unpaired) electrons. The molecule has 5 aliphatic rings. The molecule has 0 N–H and O–H groups in total. The number of likely N-dealkylation sites (tertiary alicyclic amines) is 1. The van der Waals surface area contributed by atoms with Crippen molar-refractivity contribution in [1.82, 2.24) is 0 Å². The zero-order chi connectivity index (χ0) is 26.7. The lowest BCUT2D eigenvalue weighted by atomic mass is 9.53. The summed E-state index contributed by atoms with van der Waals surface area (Å²) in [4.78, 5) is 0. The quantitative estimate of drug-likeness (QED) is 0.158. The van der Waals surface area contributed by atoms with Gasteiger partial charge < -0.3 is 33.2 Å². The molecular formula is C36H49ClINO. The summed E-state index contributed by atoms with van der Waals surface area (Å²) in [5.41, 5.74) is 5.89. The summed E-state index contributed by atoms with van der Waals surface area (Å²) in [6.07, 6.45) is 17.9. The predicted octanol–water partition coefficient (Wildman–Crippen LogP) is 6.56. The van der Waals surface area contributed by atoms with E-state index in [9.17, 15) is 0 Å². The summed E-state index contributed by atoms with van der Waals surface area (Å²) in [7, 11) is 2.48. The summed E-state index contributed by atoms with van der Waals surface area (Å²) in [5, 5.41) is 0.814.